The normalized spacial score (nSPS) is 12.0. The predicted octanol–water partition coefficient (Wildman–Crippen LogP) is 2.97. The van der Waals surface area contributed by atoms with Crippen molar-refractivity contribution in [1.82, 2.24) is 4.98 Å². The highest BCUT2D eigenvalue weighted by Crippen LogP contribution is 2.35. The summed E-state index contributed by atoms with van der Waals surface area (Å²) in [4.78, 5) is 4.72. The van der Waals surface area contributed by atoms with Crippen molar-refractivity contribution in [2.24, 2.45) is 0 Å². The van der Waals surface area contributed by atoms with Gasteiger partial charge in [-0.3, -0.25) is 4.72 Å². The number of nitrogens with one attached hydrogen (secondary N) is 1. The van der Waals surface area contributed by atoms with E-state index in [0.29, 0.717) is 5.82 Å². The van der Waals surface area contributed by atoms with E-state index in [1.165, 1.54) is 24.4 Å². The van der Waals surface area contributed by atoms with Crippen molar-refractivity contribution >= 4 is 21.5 Å². The largest absolute Gasteiger partial charge is 0.417 e. The fourth-order valence-corrected chi connectivity index (χ4v) is 3.26. The van der Waals surface area contributed by atoms with Crippen LogP contribution in [-0.2, 0) is 16.2 Å². The lowest BCUT2D eigenvalue weighted by Gasteiger charge is -2.18. The third-order valence-corrected chi connectivity index (χ3v) is 4.36. The molecule has 0 radical (unpaired) electrons. The quantitative estimate of drug-likeness (QED) is 0.925. The summed E-state index contributed by atoms with van der Waals surface area (Å²) in [6.07, 6.45) is -3.32. The van der Waals surface area contributed by atoms with E-state index in [1.54, 1.807) is 19.0 Å². The lowest BCUT2D eigenvalue weighted by molar-refractivity contribution is -0.139. The molecular formula is C14H14F3N3O2S. The highest BCUT2D eigenvalue weighted by molar-refractivity contribution is 7.92. The Labute approximate surface area is 131 Å². The molecule has 124 valence electrons. The predicted molar refractivity (Wildman–Crippen MR) is 80.8 cm³/mol. The van der Waals surface area contributed by atoms with Gasteiger partial charge in [0.25, 0.3) is 10.0 Å². The van der Waals surface area contributed by atoms with Crippen LogP contribution in [0.2, 0.25) is 0 Å². The van der Waals surface area contributed by atoms with Crippen molar-refractivity contribution in [3.63, 3.8) is 0 Å². The van der Waals surface area contributed by atoms with Gasteiger partial charge in [0.05, 0.1) is 16.1 Å². The van der Waals surface area contributed by atoms with Gasteiger partial charge in [-0.1, -0.05) is 12.1 Å². The molecule has 0 aliphatic heterocycles. The molecular weight excluding hydrogens is 331 g/mol. The fourth-order valence-electron chi connectivity index (χ4n) is 1.97. The zero-order valence-electron chi connectivity index (χ0n) is 12.3. The Hall–Kier alpha value is -2.29. The lowest BCUT2D eigenvalue weighted by Crippen LogP contribution is -2.21. The van der Waals surface area contributed by atoms with Gasteiger partial charge in [-0.25, -0.2) is 13.4 Å². The smallest absolute Gasteiger partial charge is 0.361 e. The van der Waals surface area contributed by atoms with Crippen LogP contribution in [-0.4, -0.2) is 27.5 Å². The number of nitrogens with zero attached hydrogens (tertiary/aromatic N) is 2. The van der Waals surface area contributed by atoms with Crippen LogP contribution in [0, 0.1) is 0 Å². The lowest BCUT2D eigenvalue weighted by atomic mass is 10.2. The maximum atomic E-state index is 13.0. The highest BCUT2D eigenvalue weighted by Gasteiger charge is 2.37. The summed E-state index contributed by atoms with van der Waals surface area (Å²) in [7, 11) is -1.13. The molecule has 0 atom stereocenters. The van der Waals surface area contributed by atoms with E-state index in [2.05, 4.69) is 9.71 Å². The first kappa shape index (κ1) is 17.1. The first-order valence-electron chi connectivity index (χ1n) is 6.44. The van der Waals surface area contributed by atoms with Gasteiger partial charge in [0, 0.05) is 20.3 Å². The van der Waals surface area contributed by atoms with Crippen molar-refractivity contribution in [2.45, 2.75) is 11.1 Å². The van der Waals surface area contributed by atoms with Crippen LogP contribution in [0.25, 0.3) is 0 Å². The number of hydrogen-bond acceptors (Lipinski definition) is 4. The standard InChI is InChI=1S/C14H14F3N3O2S/c1-20(2)13-11(7-5-9-18-13)19-23(21,22)12-8-4-3-6-10(12)14(15,16)17/h3-9,19H,1-2H3. The maximum Gasteiger partial charge on any atom is 0.417 e. The summed E-state index contributed by atoms with van der Waals surface area (Å²) < 4.78 is 66.0. The number of anilines is 2. The summed E-state index contributed by atoms with van der Waals surface area (Å²) >= 11 is 0. The van der Waals surface area contributed by atoms with Gasteiger partial charge in [-0.15, -0.1) is 0 Å². The van der Waals surface area contributed by atoms with Crippen LogP contribution >= 0.6 is 0 Å². The fraction of sp³-hybridized carbons (Fsp3) is 0.214. The molecule has 2 rings (SSSR count). The Morgan fingerprint density at radius 1 is 1.09 bits per heavy atom. The van der Waals surface area contributed by atoms with Gasteiger partial charge in [0.15, 0.2) is 5.82 Å². The van der Waals surface area contributed by atoms with Gasteiger partial charge >= 0.3 is 6.18 Å². The number of hydrogen-bond donors (Lipinski definition) is 1. The molecule has 0 aliphatic carbocycles. The summed E-state index contributed by atoms with van der Waals surface area (Å²) in [5, 5.41) is 0. The second-order valence-electron chi connectivity index (χ2n) is 4.87. The highest BCUT2D eigenvalue weighted by atomic mass is 32.2. The molecule has 0 amide bonds. The first-order valence-corrected chi connectivity index (χ1v) is 7.92. The molecule has 0 fully saturated rings. The van der Waals surface area contributed by atoms with Crippen LogP contribution in [0.4, 0.5) is 24.7 Å². The molecule has 9 heteroatoms. The van der Waals surface area contributed by atoms with E-state index >= 15 is 0 Å². The molecule has 0 saturated carbocycles. The van der Waals surface area contributed by atoms with Gasteiger partial charge in [-0.2, -0.15) is 13.2 Å². The summed E-state index contributed by atoms with van der Waals surface area (Å²) in [6.45, 7) is 0. The van der Waals surface area contributed by atoms with E-state index in [0.717, 1.165) is 18.2 Å². The number of rotatable bonds is 4. The molecule has 2 aromatic rings. The minimum atomic E-state index is -4.77. The molecule has 1 aromatic heterocycles. The van der Waals surface area contributed by atoms with Crippen molar-refractivity contribution in [1.29, 1.82) is 0 Å². The molecule has 1 heterocycles. The van der Waals surface area contributed by atoms with Crippen LogP contribution in [0.1, 0.15) is 5.56 Å². The molecule has 0 spiro atoms. The third kappa shape index (κ3) is 3.73. The van der Waals surface area contributed by atoms with E-state index in [1.807, 2.05) is 0 Å². The van der Waals surface area contributed by atoms with Crippen LogP contribution in [0.3, 0.4) is 0 Å². The number of halogens is 3. The van der Waals surface area contributed by atoms with Crippen molar-refractivity contribution in [3.05, 3.63) is 48.2 Å². The Morgan fingerprint density at radius 2 is 1.74 bits per heavy atom. The second-order valence-corrected chi connectivity index (χ2v) is 6.52. The number of alkyl halides is 3. The molecule has 5 nitrogen and oxygen atoms in total. The topological polar surface area (TPSA) is 62.3 Å². The molecule has 0 saturated heterocycles. The Bertz CT molecular complexity index is 805. The Morgan fingerprint density at radius 3 is 2.35 bits per heavy atom. The third-order valence-electron chi connectivity index (χ3n) is 2.94. The number of pyridine rings is 1. The molecule has 23 heavy (non-hydrogen) atoms. The van der Waals surface area contributed by atoms with Crippen LogP contribution in [0.15, 0.2) is 47.5 Å². The Kier molecular flexibility index (Phi) is 4.51. The molecule has 0 unspecified atom stereocenters. The molecule has 1 aromatic carbocycles. The molecule has 0 aliphatic rings. The van der Waals surface area contributed by atoms with E-state index in [4.69, 9.17) is 0 Å². The minimum Gasteiger partial charge on any atom is -0.361 e. The Balaban J connectivity index is 2.50. The average Bonchev–Trinajstić information content (AvgIpc) is 2.46. The van der Waals surface area contributed by atoms with Crippen molar-refractivity contribution in [3.8, 4) is 0 Å². The number of sulfonamides is 1. The molecule has 0 bridgehead atoms. The van der Waals surface area contributed by atoms with E-state index < -0.39 is 26.7 Å². The molecule has 1 N–H and O–H groups in total. The SMILES string of the molecule is CN(C)c1ncccc1NS(=O)(=O)c1ccccc1C(F)(F)F. The minimum absolute atomic E-state index is 0.0921. The van der Waals surface area contributed by atoms with Crippen LogP contribution < -0.4 is 9.62 Å². The zero-order valence-corrected chi connectivity index (χ0v) is 13.1. The van der Waals surface area contributed by atoms with Gasteiger partial charge in [0.1, 0.15) is 0 Å². The van der Waals surface area contributed by atoms with E-state index in [9.17, 15) is 21.6 Å². The summed E-state index contributed by atoms with van der Waals surface area (Å²) in [5.41, 5.74) is -1.13. The van der Waals surface area contributed by atoms with Gasteiger partial charge < -0.3 is 4.90 Å². The second kappa shape index (κ2) is 6.07. The van der Waals surface area contributed by atoms with E-state index in [-0.39, 0.29) is 5.69 Å². The van der Waals surface area contributed by atoms with Crippen LogP contribution in [0.5, 0.6) is 0 Å². The first-order chi connectivity index (χ1) is 10.6. The van der Waals surface area contributed by atoms with Crippen molar-refractivity contribution in [2.75, 3.05) is 23.7 Å². The maximum absolute atomic E-state index is 13.0. The van der Waals surface area contributed by atoms with Gasteiger partial charge in [0.2, 0.25) is 0 Å². The zero-order chi connectivity index (χ0) is 17.3. The van der Waals surface area contributed by atoms with Crippen molar-refractivity contribution < 1.29 is 21.6 Å². The monoisotopic (exact) mass is 345 g/mol. The number of aromatic nitrogens is 1. The summed E-state index contributed by atoms with van der Waals surface area (Å²) in [5.74, 6) is 0.292. The van der Waals surface area contributed by atoms with Gasteiger partial charge in [-0.05, 0) is 24.3 Å². The summed E-state index contributed by atoms with van der Waals surface area (Å²) in [6, 6.07) is 6.93. The average molecular weight is 345 g/mol. The number of benzene rings is 1.